The molecule has 2 heterocycles. The quantitative estimate of drug-likeness (QED) is 0.628. The highest BCUT2D eigenvalue weighted by Gasteiger charge is 2.11. The maximum absolute atomic E-state index is 13.3. The van der Waals surface area contributed by atoms with Gasteiger partial charge in [-0.3, -0.25) is 4.68 Å². The number of hydroxylamine groups is 2. The van der Waals surface area contributed by atoms with Crippen molar-refractivity contribution in [3.63, 3.8) is 0 Å². The van der Waals surface area contributed by atoms with E-state index in [-0.39, 0.29) is 5.82 Å². The summed E-state index contributed by atoms with van der Waals surface area (Å²) < 4.78 is 14.9. The van der Waals surface area contributed by atoms with Gasteiger partial charge in [0.25, 0.3) is 0 Å². The second-order valence-corrected chi connectivity index (χ2v) is 5.61. The zero-order valence-corrected chi connectivity index (χ0v) is 13.9. The Morgan fingerprint density at radius 2 is 2.24 bits per heavy atom. The highest BCUT2D eigenvalue weighted by molar-refractivity contribution is 5.90. The Morgan fingerprint density at radius 1 is 1.40 bits per heavy atom. The number of hydrogen-bond donors (Lipinski definition) is 2. The number of fused-ring (bicyclic) bond motifs is 1. The maximum atomic E-state index is 13.3. The predicted molar refractivity (Wildman–Crippen MR) is 90.7 cm³/mol. The summed E-state index contributed by atoms with van der Waals surface area (Å²) in [6.07, 6.45) is 4.14. The fourth-order valence-corrected chi connectivity index (χ4v) is 2.44. The number of halogens is 1. The van der Waals surface area contributed by atoms with Gasteiger partial charge in [-0.15, -0.1) is 0 Å². The molecule has 0 saturated carbocycles. The van der Waals surface area contributed by atoms with E-state index in [0.29, 0.717) is 35.5 Å². The van der Waals surface area contributed by atoms with Crippen LogP contribution in [-0.2, 0) is 11.4 Å². The average molecular weight is 346 g/mol. The topological polar surface area (TPSA) is 88.3 Å². The molecule has 2 N–H and O–H groups in total. The van der Waals surface area contributed by atoms with Gasteiger partial charge in [0.2, 0.25) is 0 Å². The van der Waals surface area contributed by atoms with E-state index >= 15 is 0 Å². The van der Waals surface area contributed by atoms with Gasteiger partial charge >= 0.3 is 0 Å². The van der Waals surface area contributed by atoms with E-state index in [1.54, 1.807) is 42.4 Å². The minimum atomic E-state index is -0.624. The molecule has 3 aromatic rings. The lowest BCUT2D eigenvalue weighted by Gasteiger charge is -2.17. The minimum absolute atomic E-state index is 0.325. The highest BCUT2D eigenvalue weighted by Crippen LogP contribution is 2.23. The molecule has 0 radical (unpaired) electrons. The summed E-state index contributed by atoms with van der Waals surface area (Å²) >= 11 is 0. The summed E-state index contributed by atoms with van der Waals surface area (Å²) in [5, 5.41) is 19.6. The number of rotatable bonds is 7. The van der Waals surface area contributed by atoms with E-state index in [1.165, 1.54) is 18.5 Å². The molecular weight excluding hydrogens is 327 g/mol. The first kappa shape index (κ1) is 17.2. The highest BCUT2D eigenvalue weighted by atomic mass is 19.1. The van der Waals surface area contributed by atoms with Crippen molar-refractivity contribution in [3.05, 3.63) is 42.7 Å². The standard InChI is InChI=1S/C16H19FN6O2/c1-22(25-2)8-13(24)9-23-7-12(6-20-23)21-16-14-4-3-11(17)5-15(14)18-10-19-16/h3-7,10,13,24H,8-9H2,1-2H3,(H,18,19,21)/t13-/m1/s1. The van der Waals surface area contributed by atoms with Gasteiger partial charge in [-0.25, -0.2) is 14.4 Å². The zero-order valence-electron chi connectivity index (χ0n) is 13.9. The lowest BCUT2D eigenvalue weighted by molar-refractivity contribution is -0.129. The Morgan fingerprint density at radius 3 is 3.04 bits per heavy atom. The molecule has 0 bridgehead atoms. The predicted octanol–water partition coefficient (Wildman–Crippen LogP) is 1.56. The van der Waals surface area contributed by atoms with Crippen molar-refractivity contribution in [1.82, 2.24) is 24.8 Å². The van der Waals surface area contributed by atoms with Crippen molar-refractivity contribution in [1.29, 1.82) is 0 Å². The van der Waals surface area contributed by atoms with Crippen LogP contribution in [0.4, 0.5) is 15.9 Å². The third-order valence-electron chi connectivity index (χ3n) is 3.67. The van der Waals surface area contributed by atoms with Gasteiger partial charge in [0.05, 0.1) is 43.7 Å². The van der Waals surface area contributed by atoms with Crippen LogP contribution in [-0.4, -0.2) is 56.7 Å². The molecule has 1 aromatic carbocycles. The number of nitrogens with zero attached hydrogens (tertiary/aromatic N) is 5. The van der Waals surface area contributed by atoms with E-state index in [9.17, 15) is 9.50 Å². The molecule has 8 nitrogen and oxygen atoms in total. The molecule has 1 atom stereocenters. The molecule has 0 aliphatic carbocycles. The normalized spacial score (nSPS) is 12.7. The Balaban J connectivity index is 1.71. The molecule has 3 rings (SSSR count). The van der Waals surface area contributed by atoms with Gasteiger partial charge < -0.3 is 15.3 Å². The molecular formula is C16H19FN6O2. The molecule has 0 saturated heterocycles. The first-order chi connectivity index (χ1) is 12.0. The summed E-state index contributed by atoms with van der Waals surface area (Å²) in [6, 6.07) is 4.35. The van der Waals surface area contributed by atoms with E-state index < -0.39 is 6.10 Å². The van der Waals surface area contributed by atoms with Gasteiger partial charge in [0.1, 0.15) is 18.0 Å². The van der Waals surface area contributed by atoms with Crippen LogP contribution >= 0.6 is 0 Å². The van der Waals surface area contributed by atoms with Gasteiger partial charge in [0.15, 0.2) is 0 Å². The van der Waals surface area contributed by atoms with Crippen molar-refractivity contribution in [2.24, 2.45) is 0 Å². The Kier molecular flexibility index (Phi) is 5.17. The van der Waals surface area contributed by atoms with Crippen LogP contribution < -0.4 is 5.32 Å². The van der Waals surface area contributed by atoms with Crippen LogP contribution in [0, 0.1) is 5.82 Å². The number of hydrogen-bond acceptors (Lipinski definition) is 7. The minimum Gasteiger partial charge on any atom is -0.390 e. The van der Waals surface area contributed by atoms with Gasteiger partial charge in [0, 0.05) is 24.7 Å². The molecule has 25 heavy (non-hydrogen) atoms. The van der Waals surface area contributed by atoms with Crippen LogP contribution in [0.3, 0.4) is 0 Å². The first-order valence-electron chi connectivity index (χ1n) is 7.68. The number of nitrogens with one attached hydrogen (secondary N) is 1. The SMILES string of the molecule is CON(C)C[C@@H](O)Cn1cc(Nc2ncnc3cc(F)ccc23)cn1. The van der Waals surface area contributed by atoms with E-state index in [0.717, 1.165) is 0 Å². The molecule has 0 aliphatic rings. The fraction of sp³-hybridized carbons (Fsp3) is 0.312. The molecule has 0 unspecified atom stereocenters. The van der Waals surface area contributed by atoms with Crippen molar-refractivity contribution < 1.29 is 14.3 Å². The molecule has 0 fully saturated rings. The van der Waals surface area contributed by atoms with Crippen LogP contribution in [0.5, 0.6) is 0 Å². The molecule has 132 valence electrons. The van der Waals surface area contributed by atoms with Crippen LogP contribution in [0.15, 0.2) is 36.9 Å². The molecule has 9 heteroatoms. The zero-order chi connectivity index (χ0) is 17.8. The first-order valence-corrected chi connectivity index (χ1v) is 7.68. The van der Waals surface area contributed by atoms with Gasteiger partial charge in [-0.2, -0.15) is 10.2 Å². The van der Waals surface area contributed by atoms with E-state index in [2.05, 4.69) is 20.4 Å². The number of aromatic nitrogens is 4. The largest absolute Gasteiger partial charge is 0.390 e. The molecule has 0 amide bonds. The van der Waals surface area contributed by atoms with Crippen LogP contribution in [0.1, 0.15) is 0 Å². The monoisotopic (exact) mass is 346 g/mol. The average Bonchev–Trinajstić information content (AvgIpc) is 3.01. The Bertz CT molecular complexity index is 856. The smallest absolute Gasteiger partial charge is 0.141 e. The third-order valence-corrected chi connectivity index (χ3v) is 3.67. The van der Waals surface area contributed by atoms with E-state index in [4.69, 9.17) is 4.84 Å². The van der Waals surface area contributed by atoms with Crippen LogP contribution in [0.2, 0.25) is 0 Å². The van der Waals surface area contributed by atoms with Crippen molar-refractivity contribution in [2.75, 3.05) is 26.0 Å². The lowest BCUT2D eigenvalue weighted by atomic mass is 10.2. The summed E-state index contributed by atoms with van der Waals surface area (Å²) in [5.41, 5.74) is 1.22. The van der Waals surface area contributed by atoms with Gasteiger partial charge in [-0.1, -0.05) is 0 Å². The second-order valence-electron chi connectivity index (χ2n) is 5.61. The van der Waals surface area contributed by atoms with Crippen molar-refractivity contribution in [3.8, 4) is 0 Å². The number of anilines is 2. The van der Waals surface area contributed by atoms with Gasteiger partial charge in [-0.05, 0) is 12.1 Å². The molecule has 0 spiro atoms. The number of aliphatic hydroxyl groups excluding tert-OH is 1. The summed E-state index contributed by atoms with van der Waals surface area (Å²) in [5.74, 6) is 0.212. The van der Waals surface area contributed by atoms with Crippen LogP contribution in [0.25, 0.3) is 10.9 Å². The second kappa shape index (κ2) is 7.51. The number of likely N-dealkylation sites (N-methyl/N-ethyl adjacent to an activating group) is 1. The fourth-order valence-electron chi connectivity index (χ4n) is 2.44. The van der Waals surface area contributed by atoms with Crippen molar-refractivity contribution in [2.45, 2.75) is 12.6 Å². The summed E-state index contributed by atoms with van der Waals surface area (Å²) in [7, 11) is 3.28. The molecule has 2 aromatic heterocycles. The number of benzene rings is 1. The third kappa shape index (κ3) is 4.27. The summed E-state index contributed by atoms with van der Waals surface area (Å²) in [6.45, 7) is 0.687. The maximum Gasteiger partial charge on any atom is 0.141 e. The Labute approximate surface area is 143 Å². The number of aliphatic hydroxyl groups is 1. The summed E-state index contributed by atoms with van der Waals surface area (Å²) in [4.78, 5) is 13.2. The Hall–Kier alpha value is -2.62. The van der Waals surface area contributed by atoms with E-state index in [1.807, 2.05) is 0 Å². The van der Waals surface area contributed by atoms with Crippen molar-refractivity contribution >= 4 is 22.4 Å². The molecule has 0 aliphatic heterocycles. The lowest BCUT2D eigenvalue weighted by Crippen LogP contribution is -2.31.